The smallest absolute Gasteiger partial charge is 0.163 e. The Morgan fingerprint density at radius 3 is 2.79 bits per heavy atom. The molecule has 0 aromatic carbocycles. The first-order chi connectivity index (χ1) is 6.49. The van der Waals surface area contributed by atoms with Gasteiger partial charge in [0, 0.05) is 0 Å². The fourth-order valence-electron chi connectivity index (χ4n) is 2.06. The van der Waals surface area contributed by atoms with Gasteiger partial charge in [-0.25, -0.2) is 0 Å². The molecule has 1 aliphatic rings. The third-order valence-electron chi connectivity index (χ3n) is 2.74. The average Bonchev–Trinajstić information content (AvgIpc) is 2.02. The molecule has 14 heavy (non-hydrogen) atoms. The third-order valence-corrected chi connectivity index (χ3v) is 2.74. The first-order valence-electron chi connectivity index (χ1n) is 5.01. The molecule has 1 heteroatoms. The van der Waals surface area contributed by atoms with E-state index in [0.717, 1.165) is 12.0 Å². The summed E-state index contributed by atoms with van der Waals surface area (Å²) in [6.45, 7) is 10.1. The molecule has 0 saturated heterocycles. The van der Waals surface area contributed by atoms with E-state index < -0.39 is 0 Å². The van der Waals surface area contributed by atoms with Crippen molar-refractivity contribution in [1.29, 1.82) is 0 Å². The molecule has 0 radical (unpaired) electrons. The van der Waals surface area contributed by atoms with Crippen molar-refractivity contribution in [1.82, 2.24) is 0 Å². The van der Waals surface area contributed by atoms with E-state index in [4.69, 9.17) is 0 Å². The lowest BCUT2D eigenvalue weighted by atomic mass is 9.68. The second-order valence-electron chi connectivity index (χ2n) is 4.51. The number of hydrogen-bond donors (Lipinski definition) is 0. The molecule has 0 aliphatic heterocycles. The monoisotopic (exact) mass is 190 g/mol. The normalized spacial score (nSPS) is 25.6. The van der Waals surface area contributed by atoms with E-state index in [1.165, 1.54) is 0 Å². The number of carbonyl (C=O) groups is 1. The van der Waals surface area contributed by atoms with Gasteiger partial charge >= 0.3 is 0 Å². The van der Waals surface area contributed by atoms with Crippen molar-refractivity contribution in [2.75, 3.05) is 0 Å². The molecule has 0 amide bonds. The van der Waals surface area contributed by atoms with E-state index in [-0.39, 0.29) is 17.1 Å². The first-order valence-corrected chi connectivity index (χ1v) is 5.01. The van der Waals surface area contributed by atoms with Gasteiger partial charge in [0.15, 0.2) is 5.78 Å². The van der Waals surface area contributed by atoms with Crippen molar-refractivity contribution in [2.45, 2.75) is 27.2 Å². The first kappa shape index (κ1) is 11.0. The second kappa shape index (κ2) is 3.95. The van der Waals surface area contributed by atoms with Crippen molar-refractivity contribution in [2.24, 2.45) is 11.3 Å². The van der Waals surface area contributed by atoms with Crippen LogP contribution in [0.3, 0.4) is 0 Å². The number of ketones is 1. The average molecular weight is 190 g/mol. The van der Waals surface area contributed by atoms with Gasteiger partial charge < -0.3 is 0 Å². The van der Waals surface area contributed by atoms with E-state index >= 15 is 0 Å². The van der Waals surface area contributed by atoms with Crippen LogP contribution in [0.2, 0.25) is 0 Å². The van der Waals surface area contributed by atoms with Crippen LogP contribution in [0.15, 0.2) is 36.5 Å². The third kappa shape index (κ3) is 2.03. The summed E-state index contributed by atoms with van der Waals surface area (Å²) in [7, 11) is 0. The molecule has 1 nitrogen and oxygen atoms in total. The van der Waals surface area contributed by atoms with Crippen molar-refractivity contribution < 1.29 is 4.79 Å². The summed E-state index contributed by atoms with van der Waals surface area (Å²) in [5.41, 5.74) is 0.937. The fraction of sp³-hybridized carbons (Fsp3) is 0.462. The standard InChI is InChI=1S/C13H18O/c1-5-7-11(14)12-10(2)8-6-9-13(12,3)4/h5-8,12H,2,9H2,1,3-4H3. The van der Waals surface area contributed by atoms with Crippen LogP contribution in [0.5, 0.6) is 0 Å². The molecule has 0 spiro atoms. The second-order valence-corrected chi connectivity index (χ2v) is 4.51. The zero-order valence-electron chi connectivity index (χ0n) is 9.21. The summed E-state index contributed by atoms with van der Waals surface area (Å²) in [5, 5.41) is 0. The molecule has 0 saturated carbocycles. The van der Waals surface area contributed by atoms with Gasteiger partial charge in [-0.1, -0.05) is 38.7 Å². The quantitative estimate of drug-likeness (QED) is 0.611. The zero-order chi connectivity index (χ0) is 10.8. The summed E-state index contributed by atoms with van der Waals surface area (Å²) >= 11 is 0. The molecular formula is C13H18O. The predicted molar refractivity (Wildman–Crippen MR) is 60.0 cm³/mol. The molecule has 76 valence electrons. The van der Waals surface area contributed by atoms with Gasteiger partial charge in [-0.3, -0.25) is 4.79 Å². The highest BCUT2D eigenvalue weighted by atomic mass is 16.1. The summed E-state index contributed by atoms with van der Waals surface area (Å²) in [4.78, 5) is 11.8. The van der Waals surface area contributed by atoms with Gasteiger partial charge in [0.1, 0.15) is 0 Å². The molecule has 1 rings (SSSR count). The minimum absolute atomic E-state index is 0.00241. The Bertz CT molecular complexity index is 305. The molecule has 0 fully saturated rings. The van der Waals surface area contributed by atoms with Crippen LogP contribution >= 0.6 is 0 Å². The molecule has 0 N–H and O–H groups in total. The van der Waals surface area contributed by atoms with Gasteiger partial charge in [-0.15, -0.1) is 0 Å². The molecular weight excluding hydrogens is 172 g/mol. The largest absolute Gasteiger partial charge is 0.294 e. The lowest BCUT2D eigenvalue weighted by Gasteiger charge is -2.35. The van der Waals surface area contributed by atoms with Crippen LogP contribution in [0.25, 0.3) is 0 Å². The van der Waals surface area contributed by atoms with Crippen LogP contribution < -0.4 is 0 Å². The Labute approximate surface area is 86.2 Å². The molecule has 0 aromatic heterocycles. The molecule has 0 bridgehead atoms. The van der Waals surface area contributed by atoms with E-state index in [2.05, 4.69) is 26.5 Å². The Kier molecular flexibility index (Phi) is 3.10. The van der Waals surface area contributed by atoms with Crippen LogP contribution in [0, 0.1) is 11.3 Å². The topological polar surface area (TPSA) is 17.1 Å². The minimum Gasteiger partial charge on any atom is -0.294 e. The SMILES string of the molecule is C=C1C=CCC(C)(C)C1C(=O)C=CC. The van der Waals surface area contributed by atoms with Crippen LogP contribution in [0.1, 0.15) is 27.2 Å². The highest BCUT2D eigenvalue weighted by molar-refractivity contribution is 5.94. The Morgan fingerprint density at radius 1 is 1.64 bits per heavy atom. The summed E-state index contributed by atoms with van der Waals surface area (Å²) in [5.74, 6) is 0.121. The summed E-state index contributed by atoms with van der Waals surface area (Å²) < 4.78 is 0. The number of allylic oxidation sites excluding steroid dienone is 5. The molecule has 1 atom stereocenters. The lowest BCUT2D eigenvalue weighted by Crippen LogP contribution is -2.32. The maximum Gasteiger partial charge on any atom is 0.163 e. The van der Waals surface area contributed by atoms with Crippen molar-refractivity contribution in [3.8, 4) is 0 Å². The molecule has 1 aliphatic carbocycles. The van der Waals surface area contributed by atoms with Crippen molar-refractivity contribution in [3.05, 3.63) is 36.5 Å². The number of carbonyl (C=O) groups excluding carboxylic acids is 1. The van der Waals surface area contributed by atoms with E-state index in [1.807, 2.05) is 13.0 Å². The molecule has 0 heterocycles. The highest BCUT2D eigenvalue weighted by Gasteiger charge is 2.36. The van der Waals surface area contributed by atoms with Crippen LogP contribution in [0.4, 0.5) is 0 Å². The zero-order valence-corrected chi connectivity index (χ0v) is 9.21. The Hall–Kier alpha value is -1.11. The van der Waals surface area contributed by atoms with Crippen molar-refractivity contribution >= 4 is 5.78 Å². The van der Waals surface area contributed by atoms with Gasteiger partial charge in [0.2, 0.25) is 0 Å². The highest BCUT2D eigenvalue weighted by Crippen LogP contribution is 2.40. The Morgan fingerprint density at radius 2 is 2.29 bits per heavy atom. The van der Waals surface area contributed by atoms with Gasteiger partial charge in [0.05, 0.1) is 5.92 Å². The maximum atomic E-state index is 11.8. The maximum absolute atomic E-state index is 11.8. The van der Waals surface area contributed by atoms with Crippen LogP contribution in [-0.2, 0) is 4.79 Å². The van der Waals surface area contributed by atoms with E-state index in [0.29, 0.717) is 0 Å². The van der Waals surface area contributed by atoms with E-state index in [9.17, 15) is 4.79 Å². The fourth-order valence-corrected chi connectivity index (χ4v) is 2.06. The summed E-state index contributed by atoms with van der Waals surface area (Å²) in [6.07, 6.45) is 8.46. The number of hydrogen-bond acceptors (Lipinski definition) is 1. The predicted octanol–water partition coefficient (Wildman–Crippen LogP) is 3.29. The van der Waals surface area contributed by atoms with Gasteiger partial charge in [-0.05, 0) is 30.4 Å². The number of rotatable bonds is 2. The van der Waals surface area contributed by atoms with Crippen LogP contribution in [-0.4, -0.2) is 5.78 Å². The van der Waals surface area contributed by atoms with Gasteiger partial charge in [-0.2, -0.15) is 0 Å². The molecule has 0 aromatic rings. The lowest BCUT2D eigenvalue weighted by molar-refractivity contribution is -0.120. The minimum atomic E-state index is -0.0521. The van der Waals surface area contributed by atoms with Gasteiger partial charge in [0.25, 0.3) is 0 Å². The summed E-state index contributed by atoms with van der Waals surface area (Å²) in [6, 6.07) is 0. The molecule has 1 unspecified atom stereocenters. The Balaban J connectivity index is 2.99. The van der Waals surface area contributed by atoms with Crippen molar-refractivity contribution in [3.63, 3.8) is 0 Å². The van der Waals surface area contributed by atoms with E-state index in [1.54, 1.807) is 12.2 Å².